The van der Waals surface area contributed by atoms with E-state index in [2.05, 4.69) is 90.8 Å². The number of anilines is 1. The van der Waals surface area contributed by atoms with Crippen LogP contribution in [0.3, 0.4) is 0 Å². The summed E-state index contributed by atoms with van der Waals surface area (Å²) >= 11 is 5.75. The maximum atomic E-state index is 5.75. The molecule has 0 spiro atoms. The summed E-state index contributed by atoms with van der Waals surface area (Å²) in [7, 11) is 2.05. The minimum atomic E-state index is 0.0579. The summed E-state index contributed by atoms with van der Waals surface area (Å²) in [6.45, 7) is 4.23. The lowest BCUT2D eigenvalue weighted by Gasteiger charge is -2.32. The van der Waals surface area contributed by atoms with Gasteiger partial charge in [-0.2, -0.15) is 0 Å². The van der Waals surface area contributed by atoms with Gasteiger partial charge in [-0.15, -0.1) is 0 Å². The van der Waals surface area contributed by atoms with E-state index < -0.39 is 0 Å². The quantitative estimate of drug-likeness (QED) is 0.599. The molecule has 0 aromatic heterocycles. The molecule has 3 rings (SSSR count). The first-order chi connectivity index (χ1) is 12.6. The van der Waals surface area contributed by atoms with Crippen molar-refractivity contribution in [2.75, 3.05) is 12.4 Å². The molecule has 0 amide bonds. The predicted molar refractivity (Wildman–Crippen MR) is 115 cm³/mol. The second-order valence-electron chi connectivity index (χ2n) is 6.51. The molecule has 0 aliphatic heterocycles. The Bertz CT molecular complexity index is 836. The normalized spacial score (nSPS) is 10.6. The summed E-state index contributed by atoms with van der Waals surface area (Å²) in [6, 6.07) is 27.2. The molecular formula is C23H24N2S. The summed E-state index contributed by atoms with van der Waals surface area (Å²) in [6.07, 6.45) is 0. The van der Waals surface area contributed by atoms with Crippen molar-refractivity contribution in [2.24, 2.45) is 0 Å². The Kier molecular flexibility index (Phi) is 5.69. The number of hydrogen-bond donors (Lipinski definition) is 1. The van der Waals surface area contributed by atoms with Gasteiger partial charge >= 0.3 is 0 Å². The Hall–Kier alpha value is -2.65. The minimum absolute atomic E-state index is 0.0579. The highest BCUT2D eigenvalue weighted by molar-refractivity contribution is 7.80. The summed E-state index contributed by atoms with van der Waals surface area (Å²) in [4.78, 5) is 2.13. The molecule has 0 aliphatic carbocycles. The van der Waals surface area contributed by atoms with E-state index in [1.54, 1.807) is 0 Å². The highest BCUT2D eigenvalue weighted by atomic mass is 32.1. The van der Waals surface area contributed by atoms with Gasteiger partial charge in [0.1, 0.15) is 0 Å². The van der Waals surface area contributed by atoms with Crippen LogP contribution in [0.1, 0.15) is 28.3 Å². The smallest absolute Gasteiger partial charge is 0.173 e. The second-order valence-corrected chi connectivity index (χ2v) is 6.90. The Balaban J connectivity index is 1.91. The number of aryl methyl sites for hydroxylation is 1. The molecule has 0 saturated carbocycles. The van der Waals surface area contributed by atoms with Crippen LogP contribution < -0.4 is 5.32 Å². The monoisotopic (exact) mass is 360 g/mol. The van der Waals surface area contributed by atoms with Crippen molar-refractivity contribution in [1.82, 2.24) is 4.90 Å². The van der Waals surface area contributed by atoms with Crippen LogP contribution >= 0.6 is 12.2 Å². The van der Waals surface area contributed by atoms with Crippen LogP contribution in [0, 0.1) is 13.8 Å². The maximum absolute atomic E-state index is 5.75. The van der Waals surface area contributed by atoms with E-state index in [1.807, 2.05) is 19.2 Å². The number of thiocarbonyl (C=S) groups is 1. The Morgan fingerprint density at radius 3 is 1.88 bits per heavy atom. The van der Waals surface area contributed by atoms with E-state index in [1.165, 1.54) is 22.3 Å². The third-order valence-electron chi connectivity index (χ3n) is 4.78. The largest absolute Gasteiger partial charge is 0.341 e. The van der Waals surface area contributed by atoms with Crippen molar-refractivity contribution in [2.45, 2.75) is 19.9 Å². The zero-order valence-electron chi connectivity index (χ0n) is 15.4. The average molecular weight is 361 g/mol. The van der Waals surface area contributed by atoms with Crippen LogP contribution in [0.15, 0.2) is 78.9 Å². The van der Waals surface area contributed by atoms with Gasteiger partial charge in [-0.1, -0.05) is 72.8 Å². The first-order valence-electron chi connectivity index (χ1n) is 8.78. The standard InChI is InChI=1S/C23H24N2S/c1-17-11-10-16-21(18(17)2)24-23(26)25(3)22(19-12-6-4-7-13-19)20-14-8-5-9-15-20/h4-16,22H,1-3H3,(H,24,26). The molecular weight excluding hydrogens is 336 g/mol. The van der Waals surface area contributed by atoms with Crippen molar-refractivity contribution in [3.05, 3.63) is 101 Å². The van der Waals surface area contributed by atoms with Gasteiger partial charge in [-0.3, -0.25) is 0 Å². The highest BCUT2D eigenvalue weighted by Crippen LogP contribution is 2.28. The first kappa shape index (κ1) is 18.2. The molecule has 26 heavy (non-hydrogen) atoms. The summed E-state index contributed by atoms with van der Waals surface area (Å²) in [5.41, 5.74) is 5.96. The van der Waals surface area contributed by atoms with Gasteiger partial charge in [-0.05, 0) is 54.4 Å². The van der Waals surface area contributed by atoms with Crippen molar-refractivity contribution in [3.8, 4) is 0 Å². The van der Waals surface area contributed by atoms with Crippen LogP contribution in [0.5, 0.6) is 0 Å². The topological polar surface area (TPSA) is 15.3 Å². The molecule has 3 aromatic rings. The highest BCUT2D eigenvalue weighted by Gasteiger charge is 2.21. The van der Waals surface area contributed by atoms with Crippen LogP contribution in [0.2, 0.25) is 0 Å². The van der Waals surface area contributed by atoms with Crippen molar-refractivity contribution in [3.63, 3.8) is 0 Å². The Morgan fingerprint density at radius 1 is 0.808 bits per heavy atom. The molecule has 0 heterocycles. The molecule has 0 bridgehead atoms. The predicted octanol–water partition coefficient (Wildman–Crippen LogP) is 5.72. The Morgan fingerprint density at radius 2 is 1.35 bits per heavy atom. The number of hydrogen-bond acceptors (Lipinski definition) is 1. The second kappa shape index (κ2) is 8.15. The summed E-state index contributed by atoms with van der Waals surface area (Å²) in [5.74, 6) is 0. The maximum Gasteiger partial charge on any atom is 0.173 e. The third kappa shape index (κ3) is 3.94. The number of nitrogens with one attached hydrogen (secondary N) is 1. The van der Waals surface area contributed by atoms with E-state index in [9.17, 15) is 0 Å². The number of benzene rings is 3. The number of rotatable bonds is 4. The van der Waals surface area contributed by atoms with E-state index >= 15 is 0 Å². The molecule has 0 saturated heterocycles. The fraction of sp³-hybridized carbons (Fsp3) is 0.174. The van der Waals surface area contributed by atoms with E-state index in [4.69, 9.17) is 12.2 Å². The van der Waals surface area contributed by atoms with E-state index in [0.717, 1.165) is 5.69 Å². The van der Waals surface area contributed by atoms with Crippen LogP contribution in [-0.4, -0.2) is 17.1 Å². The molecule has 2 nitrogen and oxygen atoms in total. The van der Waals surface area contributed by atoms with Gasteiger partial charge < -0.3 is 10.2 Å². The summed E-state index contributed by atoms with van der Waals surface area (Å²) < 4.78 is 0. The minimum Gasteiger partial charge on any atom is -0.341 e. The van der Waals surface area contributed by atoms with Crippen LogP contribution in [0.4, 0.5) is 5.69 Å². The molecule has 0 atom stereocenters. The third-order valence-corrected chi connectivity index (χ3v) is 5.17. The van der Waals surface area contributed by atoms with Crippen molar-refractivity contribution >= 4 is 23.0 Å². The van der Waals surface area contributed by atoms with E-state index in [-0.39, 0.29) is 6.04 Å². The number of nitrogens with zero attached hydrogens (tertiary/aromatic N) is 1. The fourth-order valence-electron chi connectivity index (χ4n) is 3.12. The molecule has 3 heteroatoms. The van der Waals surface area contributed by atoms with Gasteiger partial charge in [0, 0.05) is 12.7 Å². The molecule has 3 aromatic carbocycles. The Labute approximate surface area is 161 Å². The fourth-order valence-corrected chi connectivity index (χ4v) is 3.33. The zero-order chi connectivity index (χ0) is 18.5. The van der Waals surface area contributed by atoms with E-state index in [0.29, 0.717) is 5.11 Å². The molecule has 1 N–H and O–H groups in total. The zero-order valence-corrected chi connectivity index (χ0v) is 16.3. The van der Waals surface area contributed by atoms with Gasteiger partial charge in [0.15, 0.2) is 5.11 Å². The molecule has 0 radical (unpaired) electrons. The van der Waals surface area contributed by atoms with Crippen LogP contribution in [-0.2, 0) is 0 Å². The van der Waals surface area contributed by atoms with Gasteiger partial charge in [0.2, 0.25) is 0 Å². The van der Waals surface area contributed by atoms with Crippen molar-refractivity contribution < 1.29 is 0 Å². The first-order valence-corrected chi connectivity index (χ1v) is 9.18. The van der Waals surface area contributed by atoms with Gasteiger partial charge in [0.25, 0.3) is 0 Å². The molecule has 0 fully saturated rings. The molecule has 132 valence electrons. The lowest BCUT2D eigenvalue weighted by Crippen LogP contribution is -2.35. The molecule has 0 aliphatic rings. The van der Waals surface area contributed by atoms with Gasteiger partial charge in [0.05, 0.1) is 6.04 Å². The lowest BCUT2D eigenvalue weighted by atomic mass is 9.98. The van der Waals surface area contributed by atoms with Crippen LogP contribution in [0.25, 0.3) is 0 Å². The van der Waals surface area contributed by atoms with Crippen molar-refractivity contribution in [1.29, 1.82) is 0 Å². The molecule has 0 unspecified atom stereocenters. The summed E-state index contributed by atoms with van der Waals surface area (Å²) in [5, 5.41) is 4.13. The SMILES string of the molecule is Cc1cccc(NC(=S)N(C)C(c2ccccc2)c2ccccc2)c1C. The average Bonchev–Trinajstić information content (AvgIpc) is 2.67. The van der Waals surface area contributed by atoms with Gasteiger partial charge in [-0.25, -0.2) is 0 Å². The lowest BCUT2D eigenvalue weighted by molar-refractivity contribution is 0.434.